The SMILES string of the molecule is CNC(=O)CCCC(=O)O.NC=O. The molecule has 4 N–H and O–H groups in total. The highest BCUT2D eigenvalue weighted by atomic mass is 16.4. The number of hydrogen-bond donors (Lipinski definition) is 3. The fourth-order valence-corrected chi connectivity index (χ4v) is 0.525. The van der Waals surface area contributed by atoms with Crippen LogP contribution in [0.1, 0.15) is 19.3 Å². The van der Waals surface area contributed by atoms with Gasteiger partial charge in [0.2, 0.25) is 12.3 Å². The second kappa shape index (κ2) is 10.4. The summed E-state index contributed by atoms with van der Waals surface area (Å²) in [5.41, 5.74) is 4.17. The summed E-state index contributed by atoms with van der Waals surface area (Å²) in [4.78, 5) is 29.0. The van der Waals surface area contributed by atoms with Gasteiger partial charge in [0.05, 0.1) is 0 Å². The molecule has 0 fully saturated rings. The van der Waals surface area contributed by atoms with E-state index in [1.54, 1.807) is 0 Å². The van der Waals surface area contributed by atoms with Gasteiger partial charge in [-0.1, -0.05) is 0 Å². The molecule has 0 aromatic heterocycles. The number of rotatable bonds is 4. The van der Waals surface area contributed by atoms with Gasteiger partial charge in [-0.2, -0.15) is 0 Å². The van der Waals surface area contributed by atoms with Crippen LogP contribution < -0.4 is 11.1 Å². The first-order chi connectivity index (χ1) is 6.08. The molecule has 0 aromatic carbocycles. The third-order valence-corrected chi connectivity index (χ3v) is 1.07. The number of aliphatic carboxylic acids is 1. The van der Waals surface area contributed by atoms with Crippen LogP contribution in [0.4, 0.5) is 0 Å². The number of carboxylic acid groups (broad SMARTS) is 1. The van der Waals surface area contributed by atoms with Crippen LogP contribution >= 0.6 is 0 Å². The van der Waals surface area contributed by atoms with Gasteiger partial charge in [-0.25, -0.2) is 0 Å². The van der Waals surface area contributed by atoms with Crippen LogP contribution in [0.3, 0.4) is 0 Å². The molecule has 0 saturated carbocycles. The molecule has 0 saturated heterocycles. The number of primary amides is 1. The Morgan fingerprint density at radius 1 is 1.46 bits per heavy atom. The van der Waals surface area contributed by atoms with E-state index in [1.807, 2.05) is 0 Å². The van der Waals surface area contributed by atoms with Crippen LogP contribution in [-0.2, 0) is 14.4 Å². The first kappa shape index (κ1) is 14.0. The monoisotopic (exact) mass is 190 g/mol. The summed E-state index contributed by atoms with van der Waals surface area (Å²) in [7, 11) is 1.53. The molecule has 0 aliphatic rings. The Balaban J connectivity index is 0. The van der Waals surface area contributed by atoms with E-state index in [9.17, 15) is 9.59 Å². The van der Waals surface area contributed by atoms with E-state index in [2.05, 4.69) is 11.1 Å². The van der Waals surface area contributed by atoms with Gasteiger partial charge in [0.15, 0.2) is 0 Å². The van der Waals surface area contributed by atoms with Gasteiger partial charge in [-0.3, -0.25) is 14.4 Å². The van der Waals surface area contributed by atoms with Crippen molar-refractivity contribution in [1.29, 1.82) is 0 Å². The highest BCUT2D eigenvalue weighted by Gasteiger charge is 2.00. The molecule has 0 bridgehead atoms. The predicted molar refractivity (Wildman–Crippen MR) is 45.8 cm³/mol. The summed E-state index contributed by atoms with van der Waals surface area (Å²) in [5, 5.41) is 10.6. The maximum absolute atomic E-state index is 10.5. The lowest BCUT2D eigenvalue weighted by Crippen LogP contribution is -2.17. The van der Waals surface area contributed by atoms with E-state index in [-0.39, 0.29) is 18.7 Å². The lowest BCUT2D eigenvalue weighted by atomic mass is 10.2. The standard InChI is InChI=1S/C6H11NO3.CH3NO/c1-7-5(8)3-2-4-6(9)10;2-1-3/h2-4H2,1H3,(H,7,8)(H,9,10);1H,(H2,2,3). The number of carbonyl (C=O) groups is 3. The molecule has 0 radical (unpaired) electrons. The average Bonchev–Trinajstić information content (AvgIpc) is 2.05. The molecular formula is C7H14N2O4. The lowest BCUT2D eigenvalue weighted by Gasteiger charge is -1.95. The Bertz CT molecular complexity index is 170. The minimum absolute atomic E-state index is 0.0629. The molecule has 0 aromatic rings. The number of nitrogens with one attached hydrogen (secondary N) is 1. The Hall–Kier alpha value is -1.59. The van der Waals surface area contributed by atoms with Gasteiger partial charge in [0.1, 0.15) is 0 Å². The molecule has 0 atom stereocenters. The largest absolute Gasteiger partial charge is 0.481 e. The fourth-order valence-electron chi connectivity index (χ4n) is 0.525. The van der Waals surface area contributed by atoms with Gasteiger partial charge in [-0.05, 0) is 6.42 Å². The predicted octanol–water partition coefficient (Wildman–Crippen LogP) is -0.911. The zero-order chi connectivity index (χ0) is 10.7. The number of amides is 2. The average molecular weight is 190 g/mol. The van der Waals surface area contributed by atoms with Gasteiger partial charge < -0.3 is 16.2 Å². The minimum atomic E-state index is -0.857. The van der Waals surface area contributed by atoms with Crippen molar-refractivity contribution in [3.63, 3.8) is 0 Å². The number of hydrogen-bond acceptors (Lipinski definition) is 3. The van der Waals surface area contributed by atoms with Crippen molar-refractivity contribution in [3.8, 4) is 0 Å². The van der Waals surface area contributed by atoms with Gasteiger partial charge in [0.25, 0.3) is 0 Å². The van der Waals surface area contributed by atoms with Crippen LogP contribution in [0, 0.1) is 0 Å². The molecule has 76 valence electrons. The highest BCUT2D eigenvalue weighted by Crippen LogP contribution is 1.93. The molecule has 0 aliphatic carbocycles. The molecule has 0 heterocycles. The van der Waals surface area contributed by atoms with Crippen LogP contribution in [0.25, 0.3) is 0 Å². The quantitative estimate of drug-likeness (QED) is 0.498. The Labute approximate surface area is 76.1 Å². The topological polar surface area (TPSA) is 109 Å². The van der Waals surface area contributed by atoms with Gasteiger partial charge in [-0.15, -0.1) is 0 Å². The molecule has 0 aliphatic heterocycles. The number of nitrogens with two attached hydrogens (primary N) is 1. The second-order valence-electron chi connectivity index (χ2n) is 2.06. The molecule has 6 nitrogen and oxygen atoms in total. The zero-order valence-electron chi connectivity index (χ0n) is 7.45. The Morgan fingerprint density at radius 2 is 1.92 bits per heavy atom. The van der Waals surface area contributed by atoms with E-state index < -0.39 is 5.97 Å². The number of carboxylic acids is 1. The van der Waals surface area contributed by atoms with Crippen LogP contribution in [0.15, 0.2) is 0 Å². The minimum Gasteiger partial charge on any atom is -0.481 e. The van der Waals surface area contributed by atoms with Crippen molar-refractivity contribution in [2.75, 3.05) is 7.05 Å². The lowest BCUT2D eigenvalue weighted by molar-refractivity contribution is -0.137. The maximum Gasteiger partial charge on any atom is 0.303 e. The third kappa shape index (κ3) is 17.9. The van der Waals surface area contributed by atoms with Crippen molar-refractivity contribution in [1.82, 2.24) is 5.32 Å². The Kier molecular flexibility index (Phi) is 11.2. The van der Waals surface area contributed by atoms with Crippen LogP contribution in [0.2, 0.25) is 0 Å². The molecule has 2 amide bonds. The third-order valence-electron chi connectivity index (χ3n) is 1.07. The van der Waals surface area contributed by atoms with Crippen LogP contribution in [-0.4, -0.2) is 30.4 Å². The number of carbonyl (C=O) groups excluding carboxylic acids is 2. The molecule has 13 heavy (non-hydrogen) atoms. The van der Waals surface area contributed by atoms with Gasteiger partial charge in [0, 0.05) is 19.9 Å². The van der Waals surface area contributed by atoms with Crippen molar-refractivity contribution in [2.45, 2.75) is 19.3 Å². The molecule has 0 unspecified atom stereocenters. The van der Waals surface area contributed by atoms with Crippen molar-refractivity contribution >= 4 is 18.3 Å². The van der Waals surface area contributed by atoms with Crippen molar-refractivity contribution < 1.29 is 19.5 Å². The van der Waals surface area contributed by atoms with E-state index >= 15 is 0 Å². The smallest absolute Gasteiger partial charge is 0.303 e. The van der Waals surface area contributed by atoms with E-state index in [0.717, 1.165) is 0 Å². The maximum atomic E-state index is 10.5. The molecule has 0 spiro atoms. The Morgan fingerprint density at radius 3 is 2.23 bits per heavy atom. The molecule has 0 rings (SSSR count). The summed E-state index contributed by atoms with van der Waals surface area (Å²) in [6.45, 7) is 0. The highest BCUT2D eigenvalue weighted by molar-refractivity contribution is 5.76. The van der Waals surface area contributed by atoms with Gasteiger partial charge >= 0.3 is 5.97 Å². The fraction of sp³-hybridized carbons (Fsp3) is 0.571. The second-order valence-corrected chi connectivity index (χ2v) is 2.06. The summed E-state index contributed by atoms with van der Waals surface area (Å²) < 4.78 is 0. The van der Waals surface area contributed by atoms with E-state index in [4.69, 9.17) is 9.90 Å². The van der Waals surface area contributed by atoms with Crippen molar-refractivity contribution in [3.05, 3.63) is 0 Å². The summed E-state index contributed by atoms with van der Waals surface area (Å²) in [6.07, 6.45) is 1.02. The zero-order valence-corrected chi connectivity index (χ0v) is 7.45. The summed E-state index contributed by atoms with van der Waals surface area (Å²) in [5.74, 6) is -0.967. The van der Waals surface area contributed by atoms with E-state index in [1.165, 1.54) is 7.05 Å². The summed E-state index contributed by atoms with van der Waals surface area (Å²) in [6, 6.07) is 0. The molecule has 6 heteroatoms. The normalized spacial score (nSPS) is 7.77. The first-order valence-electron chi connectivity index (χ1n) is 3.66. The summed E-state index contributed by atoms with van der Waals surface area (Å²) >= 11 is 0. The van der Waals surface area contributed by atoms with Crippen LogP contribution in [0.5, 0.6) is 0 Å². The first-order valence-corrected chi connectivity index (χ1v) is 3.66. The van der Waals surface area contributed by atoms with Crippen molar-refractivity contribution in [2.24, 2.45) is 5.73 Å². The van der Waals surface area contributed by atoms with E-state index in [0.29, 0.717) is 12.8 Å². The molecular weight excluding hydrogens is 176 g/mol.